The molecule has 0 aliphatic carbocycles. The number of nitrogens with one attached hydrogen (secondary N) is 7. The Morgan fingerprint density at radius 2 is 1.10 bits per heavy atom. The van der Waals surface area contributed by atoms with Gasteiger partial charge in [-0.15, -0.1) is 0 Å². The van der Waals surface area contributed by atoms with Crippen molar-refractivity contribution in [2.45, 2.75) is 161 Å². The van der Waals surface area contributed by atoms with Crippen molar-refractivity contribution in [3.8, 4) is 5.75 Å². The fourth-order valence-electron chi connectivity index (χ4n) is 7.68. The first-order chi connectivity index (χ1) is 33.2. The van der Waals surface area contributed by atoms with Crippen LogP contribution in [0, 0.1) is 23.7 Å². The van der Waals surface area contributed by atoms with Gasteiger partial charge in [0, 0.05) is 6.54 Å². The topological polar surface area (TPSA) is 385 Å². The normalized spacial score (nSPS) is 18.2. The average Bonchev–Trinajstić information content (AvgIpc) is 3.80. The predicted molar refractivity (Wildman–Crippen MR) is 255 cm³/mol. The predicted octanol–water partition coefficient (Wildman–Crippen LogP) is -2.02. The third-order valence-electron chi connectivity index (χ3n) is 12.5. The molecule has 12 atom stereocenters. The van der Waals surface area contributed by atoms with Crippen molar-refractivity contribution in [3.05, 3.63) is 29.8 Å². The van der Waals surface area contributed by atoms with Crippen LogP contribution in [0.25, 0.3) is 0 Å². The standard InChI is InChI=1S/C47H75N9O15/c1-10-24(7)36(44(67)55-38(26(9)58)45(68)50-31(21-57)40(63)54-37(47(70)71)25(8)11-2)53-43(66)35(23(5)6)52-41(64)32-13-12-18-56(32)46(69)30(20-33(60)61)49-42(65)34(22(3)4)51-39(62)29(48)19-27-14-16-28(59)17-15-27/h14-17,22-26,29-32,34-38,57-59H,10-13,18-21,48H2,1-9H3,(H,49,65)(H,50,68)(H,51,62)(H,52,64)(H,53,66)(H,54,63)(H,55,67)(H,60,61)(H,70,71)/t24-,25-,26+,29-,30-,31-,32-,34-,35-,36-,37-,38-/m0/s1. The number of aliphatic carboxylic acids is 2. The Labute approximate surface area is 413 Å². The number of carbonyl (C=O) groups is 10. The van der Waals surface area contributed by atoms with E-state index >= 15 is 0 Å². The maximum Gasteiger partial charge on any atom is 0.326 e. The molecule has 0 unspecified atom stereocenters. The quantitative estimate of drug-likeness (QED) is 0.0431. The molecule has 1 aliphatic heterocycles. The number of nitrogens with zero attached hydrogens (tertiary/aromatic N) is 1. The van der Waals surface area contributed by atoms with Crippen molar-refractivity contribution < 1.29 is 73.5 Å². The van der Waals surface area contributed by atoms with Gasteiger partial charge in [0.25, 0.3) is 0 Å². The lowest BCUT2D eigenvalue weighted by atomic mass is 9.95. The highest BCUT2D eigenvalue weighted by atomic mass is 16.4. The summed E-state index contributed by atoms with van der Waals surface area (Å²) in [4.78, 5) is 134. The summed E-state index contributed by atoms with van der Waals surface area (Å²) in [5.41, 5.74) is 6.75. The number of benzene rings is 1. The molecule has 1 aromatic carbocycles. The zero-order valence-corrected chi connectivity index (χ0v) is 41.9. The lowest BCUT2D eigenvalue weighted by Crippen LogP contribution is -2.63. The van der Waals surface area contributed by atoms with E-state index in [9.17, 15) is 73.5 Å². The second kappa shape index (κ2) is 28.4. The van der Waals surface area contributed by atoms with Gasteiger partial charge in [-0.25, -0.2) is 4.79 Å². The number of hydrogen-bond donors (Lipinski definition) is 13. The highest BCUT2D eigenvalue weighted by Gasteiger charge is 2.42. The number of nitrogens with two attached hydrogens (primary N) is 1. The van der Waals surface area contributed by atoms with Gasteiger partial charge in [0.15, 0.2) is 0 Å². The van der Waals surface area contributed by atoms with Crippen molar-refractivity contribution in [2.75, 3.05) is 13.2 Å². The summed E-state index contributed by atoms with van der Waals surface area (Å²) in [5.74, 6) is -12.3. The second-order valence-electron chi connectivity index (χ2n) is 18.8. The summed E-state index contributed by atoms with van der Waals surface area (Å²) in [6.45, 7) is 13.3. The molecule has 0 bridgehead atoms. The van der Waals surface area contributed by atoms with E-state index in [-0.39, 0.29) is 25.1 Å². The van der Waals surface area contributed by atoms with Crippen LogP contribution in [0.15, 0.2) is 24.3 Å². The van der Waals surface area contributed by atoms with Gasteiger partial charge >= 0.3 is 11.9 Å². The average molecular weight is 1010 g/mol. The van der Waals surface area contributed by atoms with Crippen LogP contribution in [-0.4, -0.2) is 163 Å². The Bertz CT molecular complexity index is 2040. The molecule has 1 aliphatic rings. The fraction of sp³-hybridized carbons (Fsp3) is 0.660. The van der Waals surface area contributed by atoms with E-state index in [1.165, 1.54) is 19.1 Å². The van der Waals surface area contributed by atoms with E-state index in [0.717, 1.165) is 4.90 Å². The summed E-state index contributed by atoms with van der Waals surface area (Å²) in [6.07, 6.45) is -1.33. The lowest BCUT2D eigenvalue weighted by Gasteiger charge is -2.32. The maximum absolute atomic E-state index is 14.1. The molecule has 1 heterocycles. The molecule has 0 radical (unpaired) electrons. The van der Waals surface area contributed by atoms with Crippen molar-refractivity contribution in [3.63, 3.8) is 0 Å². The molecule has 71 heavy (non-hydrogen) atoms. The van der Waals surface area contributed by atoms with E-state index < -0.39 is 156 Å². The number of hydrogen-bond acceptors (Lipinski definition) is 14. The van der Waals surface area contributed by atoms with Gasteiger partial charge in [-0.05, 0) is 67.6 Å². The first-order valence-corrected chi connectivity index (χ1v) is 23.9. The Balaban J connectivity index is 2.26. The molecule has 0 aromatic heterocycles. The smallest absolute Gasteiger partial charge is 0.326 e. The number of phenolic OH excluding ortho intramolecular Hbond substituents is 1. The number of carbonyl (C=O) groups excluding carboxylic acids is 8. The Hall–Kier alpha value is -6.40. The van der Waals surface area contributed by atoms with E-state index in [2.05, 4.69) is 37.2 Å². The van der Waals surface area contributed by atoms with Crippen LogP contribution in [0.3, 0.4) is 0 Å². The van der Waals surface area contributed by atoms with E-state index in [0.29, 0.717) is 24.8 Å². The van der Waals surface area contributed by atoms with Gasteiger partial charge < -0.3 is 73.4 Å². The van der Waals surface area contributed by atoms with E-state index in [1.807, 2.05) is 0 Å². The summed E-state index contributed by atoms with van der Waals surface area (Å²) in [5, 5.41) is 66.6. The van der Waals surface area contributed by atoms with Gasteiger partial charge in [-0.2, -0.15) is 0 Å². The number of aliphatic hydroxyl groups excluding tert-OH is 2. The Morgan fingerprint density at radius 1 is 0.634 bits per heavy atom. The monoisotopic (exact) mass is 1010 g/mol. The Morgan fingerprint density at radius 3 is 1.61 bits per heavy atom. The van der Waals surface area contributed by atoms with Crippen molar-refractivity contribution in [1.29, 1.82) is 0 Å². The van der Waals surface area contributed by atoms with Crippen molar-refractivity contribution >= 4 is 59.2 Å². The molecule has 14 N–H and O–H groups in total. The molecular weight excluding hydrogens is 931 g/mol. The molecule has 1 aromatic rings. The summed E-state index contributed by atoms with van der Waals surface area (Å²) in [7, 11) is 0. The van der Waals surface area contributed by atoms with Crippen LogP contribution in [0.2, 0.25) is 0 Å². The minimum absolute atomic E-state index is 0.0170. The molecule has 1 saturated heterocycles. The fourth-order valence-corrected chi connectivity index (χ4v) is 7.68. The first-order valence-electron chi connectivity index (χ1n) is 23.9. The molecule has 8 amide bonds. The Kier molecular flexibility index (Phi) is 24.3. The number of likely N-dealkylation sites (tertiary alicyclic amines) is 1. The largest absolute Gasteiger partial charge is 0.508 e. The third-order valence-corrected chi connectivity index (χ3v) is 12.5. The number of amides is 8. The molecule has 2 rings (SSSR count). The molecule has 1 fully saturated rings. The second-order valence-corrected chi connectivity index (χ2v) is 18.8. The van der Waals surface area contributed by atoms with Crippen LogP contribution in [0.4, 0.5) is 0 Å². The molecular formula is C47H75N9O15. The molecule has 24 heteroatoms. The molecule has 398 valence electrons. The molecule has 0 saturated carbocycles. The van der Waals surface area contributed by atoms with Gasteiger partial charge in [-0.3, -0.25) is 43.2 Å². The van der Waals surface area contributed by atoms with Crippen LogP contribution in [0.1, 0.15) is 100.0 Å². The number of aromatic hydroxyl groups is 1. The van der Waals surface area contributed by atoms with Gasteiger partial charge in [0.2, 0.25) is 47.3 Å². The minimum atomic E-state index is -1.74. The first kappa shape index (κ1) is 60.7. The zero-order chi connectivity index (χ0) is 54.0. The van der Waals surface area contributed by atoms with Crippen molar-refractivity contribution in [2.24, 2.45) is 29.4 Å². The summed E-state index contributed by atoms with van der Waals surface area (Å²) >= 11 is 0. The highest BCUT2D eigenvalue weighted by molar-refractivity contribution is 5.99. The van der Waals surface area contributed by atoms with E-state index in [1.54, 1.807) is 67.5 Å². The molecule has 0 spiro atoms. The minimum Gasteiger partial charge on any atom is -0.508 e. The van der Waals surface area contributed by atoms with Gasteiger partial charge in [0.1, 0.15) is 54.1 Å². The number of aliphatic hydroxyl groups is 2. The number of carboxylic acids is 2. The highest BCUT2D eigenvalue weighted by Crippen LogP contribution is 2.21. The zero-order valence-electron chi connectivity index (χ0n) is 41.9. The maximum atomic E-state index is 14.1. The SMILES string of the molecule is CC[C@H](C)[C@H](NC(=O)[C@H](CO)NC(=O)[C@@H](NC(=O)[C@@H](NC(=O)[C@@H](NC(=O)[C@@H]1CCCN1C(=O)[C@H](CC(=O)O)NC(=O)[C@@H](NC(=O)[C@@H](N)Cc1ccc(O)cc1)C(C)C)C(C)C)[C@@H](C)CC)[C@@H](C)O)C(=O)O. The van der Waals surface area contributed by atoms with Gasteiger partial charge in [-0.1, -0.05) is 80.4 Å². The number of carboxylic acid groups (broad SMARTS) is 2. The van der Waals surface area contributed by atoms with Crippen LogP contribution < -0.4 is 43.0 Å². The third kappa shape index (κ3) is 18.1. The van der Waals surface area contributed by atoms with Crippen LogP contribution in [0.5, 0.6) is 5.75 Å². The summed E-state index contributed by atoms with van der Waals surface area (Å²) in [6, 6.07) is -6.74. The van der Waals surface area contributed by atoms with Crippen LogP contribution >= 0.6 is 0 Å². The summed E-state index contributed by atoms with van der Waals surface area (Å²) < 4.78 is 0. The lowest BCUT2D eigenvalue weighted by molar-refractivity contribution is -0.146. The van der Waals surface area contributed by atoms with Crippen LogP contribution in [-0.2, 0) is 54.4 Å². The molecule has 24 nitrogen and oxygen atoms in total. The number of phenols is 1. The van der Waals surface area contributed by atoms with Gasteiger partial charge in [0.05, 0.1) is 25.2 Å². The van der Waals surface area contributed by atoms with Crippen molar-refractivity contribution in [1.82, 2.24) is 42.1 Å². The number of rotatable bonds is 28. The van der Waals surface area contributed by atoms with E-state index in [4.69, 9.17) is 5.73 Å².